The normalized spacial score (nSPS) is 25.8. The second-order valence-electron chi connectivity index (χ2n) is 7.57. The van der Waals surface area contributed by atoms with Crippen LogP contribution in [0.2, 0.25) is 0 Å². The fraction of sp³-hybridized carbons (Fsp3) is 0.684. The summed E-state index contributed by atoms with van der Waals surface area (Å²) >= 11 is 0. The van der Waals surface area contributed by atoms with E-state index in [2.05, 4.69) is 55.3 Å². The van der Waals surface area contributed by atoms with Crippen LogP contribution in [-0.2, 0) is 6.54 Å². The van der Waals surface area contributed by atoms with E-state index in [4.69, 9.17) is 0 Å². The lowest BCUT2D eigenvalue weighted by Crippen LogP contribution is -2.63. The zero-order chi connectivity index (χ0) is 14.9. The standard InChI is InChI=1S/C19H30N2/c1-15(2)18-12-20-19(9-4-5-10-19)14-21(18)13-17-8-6-7-16(3)11-17/h6-8,11,15,18,20H,4-5,9-10,12-14H2,1-3H3. The van der Waals surface area contributed by atoms with Crippen molar-refractivity contribution in [2.24, 2.45) is 5.92 Å². The number of piperazine rings is 1. The van der Waals surface area contributed by atoms with Crippen molar-refractivity contribution in [3.8, 4) is 0 Å². The highest BCUT2D eigenvalue weighted by Gasteiger charge is 2.41. The Morgan fingerprint density at radius 1 is 1.29 bits per heavy atom. The molecule has 0 amide bonds. The van der Waals surface area contributed by atoms with Gasteiger partial charge in [-0.15, -0.1) is 0 Å². The van der Waals surface area contributed by atoms with Crippen LogP contribution in [0.4, 0.5) is 0 Å². The molecule has 1 aromatic carbocycles. The Bertz CT molecular complexity index is 474. The van der Waals surface area contributed by atoms with Gasteiger partial charge in [0.15, 0.2) is 0 Å². The largest absolute Gasteiger partial charge is 0.308 e. The summed E-state index contributed by atoms with van der Waals surface area (Å²) in [5, 5.41) is 3.91. The van der Waals surface area contributed by atoms with E-state index in [1.807, 2.05) is 0 Å². The van der Waals surface area contributed by atoms with Gasteiger partial charge in [-0.3, -0.25) is 4.90 Å². The molecule has 1 atom stereocenters. The molecule has 2 heteroatoms. The lowest BCUT2D eigenvalue weighted by atomic mass is 9.88. The molecule has 1 aliphatic carbocycles. The molecule has 0 aromatic heterocycles. The maximum Gasteiger partial charge on any atom is 0.0309 e. The second-order valence-corrected chi connectivity index (χ2v) is 7.57. The minimum Gasteiger partial charge on any atom is -0.308 e. The van der Waals surface area contributed by atoms with Gasteiger partial charge in [0.2, 0.25) is 0 Å². The monoisotopic (exact) mass is 286 g/mol. The predicted molar refractivity (Wildman–Crippen MR) is 89.4 cm³/mol. The Morgan fingerprint density at radius 2 is 2.05 bits per heavy atom. The van der Waals surface area contributed by atoms with Gasteiger partial charge >= 0.3 is 0 Å². The highest BCUT2D eigenvalue weighted by Crippen LogP contribution is 2.34. The first kappa shape index (κ1) is 15.1. The highest BCUT2D eigenvalue weighted by molar-refractivity contribution is 5.22. The van der Waals surface area contributed by atoms with E-state index in [9.17, 15) is 0 Å². The van der Waals surface area contributed by atoms with Crippen LogP contribution in [0.25, 0.3) is 0 Å². The molecule has 1 aliphatic heterocycles. The van der Waals surface area contributed by atoms with E-state index < -0.39 is 0 Å². The molecule has 0 bridgehead atoms. The van der Waals surface area contributed by atoms with Crippen molar-refractivity contribution in [3.05, 3.63) is 35.4 Å². The molecule has 116 valence electrons. The topological polar surface area (TPSA) is 15.3 Å². The predicted octanol–water partition coefficient (Wildman–Crippen LogP) is 3.74. The fourth-order valence-electron chi connectivity index (χ4n) is 4.27. The average Bonchev–Trinajstić information content (AvgIpc) is 2.86. The number of nitrogens with one attached hydrogen (secondary N) is 1. The van der Waals surface area contributed by atoms with Crippen LogP contribution in [0.5, 0.6) is 0 Å². The number of rotatable bonds is 3. The third-order valence-electron chi connectivity index (χ3n) is 5.46. The summed E-state index contributed by atoms with van der Waals surface area (Å²) in [6, 6.07) is 9.69. The highest BCUT2D eigenvalue weighted by atomic mass is 15.3. The van der Waals surface area contributed by atoms with Crippen LogP contribution in [0.15, 0.2) is 24.3 Å². The van der Waals surface area contributed by atoms with E-state index in [1.54, 1.807) is 0 Å². The fourth-order valence-corrected chi connectivity index (χ4v) is 4.27. The molecule has 3 rings (SSSR count). The SMILES string of the molecule is Cc1cccc(CN2CC3(CCCC3)NCC2C(C)C)c1. The smallest absolute Gasteiger partial charge is 0.0309 e. The summed E-state index contributed by atoms with van der Waals surface area (Å²) < 4.78 is 0. The molecule has 2 fully saturated rings. The lowest BCUT2D eigenvalue weighted by Gasteiger charge is -2.48. The van der Waals surface area contributed by atoms with Gasteiger partial charge in [-0.1, -0.05) is 56.5 Å². The van der Waals surface area contributed by atoms with E-state index in [0.717, 1.165) is 13.1 Å². The molecule has 21 heavy (non-hydrogen) atoms. The van der Waals surface area contributed by atoms with Gasteiger partial charge in [0, 0.05) is 31.2 Å². The van der Waals surface area contributed by atoms with Crippen LogP contribution in [0, 0.1) is 12.8 Å². The first-order valence-corrected chi connectivity index (χ1v) is 8.63. The lowest BCUT2D eigenvalue weighted by molar-refractivity contribution is 0.0507. The van der Waals surface area contributed by atoms with Crippen molar-refractivity contribution in [1.29, 1.82) is 0 Å². The molecule has 2 nitrogen and oxygen atoms in total. The van der Waals surface area contributed by atoms with Crippen LogP contribution in [0.1, 0.15) is 50.7 Å². The van der Waals surface area contributed by atoms with Gasteiger partial charge in [-0.25, -0.2) is 0 Å². The van der Waals surface area contributed by atoms with Crippen LogP contribution in [-0.4, -0.2) is 29.6 Å². The maximum atomic E-state index is 3.91. The molecule has 1 aromatic rings. The number of aryl methyl sites for hydroxylation is 1. The summed E-state index contributed by atoms with van der Waals surface area (Å²) in [6.07, 6.45) is 5.53. The summed E-state index contributed by atoms with van der Waals surface area (Å²) in [6.45, 7) is 10.4. The molecular weight excluding hydrogens is 256 g/mol. The summed E-state index contributed by atoms with van der Waals surface area (Å²) in [4.78, 5) is 2.75. The average molecular weight is 286 g/mol. The summed E-state index contributed by atoms with van der Waals surface area (Å²) in [5.41, 5.74) is 3.25. The quantitative estimate of drug-likeness (QED) is 0.910. The van der Waals surface area contributed by atoms with E-state index in [1.165, 1.54) is 43.4 Å². The second kappa shape index (κ2) is 6.10. The van der Waals surface area contributed by atoms with Gasteiger partial charge in [0.1, 0.15) is 0 Å². The molecule has 1 heterocycles. The molecule has 1 N–H and O–H groups in total. The van der Waals surface area contributed by atoms with Crippen molar-refractivity contribution >= 4 is 0 Å². The number of hydrogen-bond acceptors (Lipinski definition) is 2. The first-order valence-electron chi connectivity index (χ1n) is 8.63. The van der Waals surface area contributed by atoms with Gasteiger partial charge < -0.3 is 5.32 Å². The third kappa shape index (κ3) is 3.32. The molecule has 0 radical (unpaired) electrons. The maximum absolute atomic E-state index is 3.91. The first-order chi connectivity index (χ1) is 10.1. The van der Waals surface area contributed by atoms with E-state index in [0.29, 0.717) is 17.5 Å². The van der Waals surface area contributed by atoms with Gasteiger partial charge in [0.25, 0.3) is 0 Å². The van der Waals surface area contributed by atoms with Crippen LogP contribution >= 0.6 is 0 Å². The number of benzene rings is 1. The Morgan fingerprint density at radius 3 is 2.71 bits per heavy atom. The molecule has 1 saturated carbocycles. The van der Waals surface area contributed by atoms with Gasteiger partial charge in [0.05, 0.1) is 0 Å². The van der Waals surface area contributed by atoms with Crippen molar-refractivity contribution in [3.63, 3.8) is 0 Å². The summed E-state index contributed by atoms with van der Waals surface area (Å²) in [5.74, 6) is 0.709. The van der Waals surface area contributed by atoms with Crippen molar-refractivity contribution in [1.82, 2.24) is 10.2 Å². The molecule has 2 aliphatic rings. The minimum atomic E-state index is 0.412. The van der Waals surface area contributed by atoms with E-state index in [-0.39, 0.29) is 0 Å². The Hall–Kier alpha value is -0.860. The van der Waals surface area contributed by atoms with Gasteiger partial charge in [-0.2, -0.15) is 0 Å². The zero-order valence-corrected chi connectivity index (χ0v) is 13.9. The van der Waals surface area contributed by atoms with Crippen molar-refractivity contribution < 1.29 is 0 Å². The third-order valence-corrected chi connectivity index (χ3v) is 5.46. The Kier molecular flexibility index (Phi) is 4.37. The van der Waals surface area contributed by atoms with Crippen LogP contribution in [0.3, 0.4) is 0 Å². The zero-order valence-electron chi connectivity index (χ0n) is 13.9. The number of nitrogens with zero attached hydrogens (tertiary/aromatic N) is 1. The van der Waals surface area contributed by atoms with Crippen LogP contribution < -0.4 is 5.32 Å². The minimum absolute atomic E-state index is 0.412. The summed E-state index contributed by atoms with van der Waals surface area (Å²) in [7, 11) is 0. The molecule has 1 unspecified atom stereocenters. The molecular formula is C19H30N2. The molecule has 1 spiro atoms. The Labute approximate surface area is 129 Å². The van der Waals surface area contributed by atoms with E-state index >= 15 is 0 Å². The Balaban J connectivity index is 1.77. The van der Waals surface area contributed by atoms with Crippen molar-refractivity contribution in [2.75, 3.05) is 13.1 Å². The number of hydrogen-bond donors (Lipinski definition) is 1. The van der Waals surface area contributed by atoms with Gasteiger partial charge in [-0.05, 0) is 31.2 Å². The molecule has 1 saturated heterocycles. The van der Waals surface area contributed by atoms with Crippen molar-refractivity contribution in [2.45, 2.75) is 64.6 Å².